The Balaban J connectivity index is 0.00000529. The molecule has 0 saturated heterocycles. The maximum Gasteiger partial charge on any atom is 1.00 e. The summed E-state index contributed by atoms with van der Waals surface area (Å²) in [6.07, 6.45) is 0. The van der Waals surface area contributed by atoms with Crippen LogP contribution in [0, 0.1) is 0 Å². The number of rotatable bonds is 18. The van der Waals surface area contributed by atoms with Crippen molar-refractivity contribution in [2.45, 2.75) is 0 Å². The van der Waals surface area contributed by atoms with E-state index in [0.29, 0.717) is 11.4 Å². The van der Waals surface area contributed by atoms with Crippen LogP contribution in [0.3, 0.4) is 0 Å². The molecule has 0 saturated carbocycles. The van der Waals surface area contributed by atoms with Crippen molar-refractivity contribution in [1.29, 1.82) is 0 Å². The molecule has 2 heterocycles. The number of aliphatic hydroxyl groups excluding tert-OH is 2. The molecular weight excluding hydrogens is 703 g/mol. The van der Waals surface area contributed by atoms with Crippen LogP contribution in [0.4, 0.5) is 47.1 Å². The van der Waals surface area contributed by atoms with Gasteiger partial charge in [0.1, 0.15) is 0 Å². The van der Waals surface area contributed by atoms with Gasteiger partial charge in [0, 0.05) is 51.6 Å². The van der Waals surface area contributed by atoms with E-state index in [-0.39, 0.29) is 178 Å². The van der Waals surface area contributed by atoms with E-state index in [2.05, 4.69) is 51.2 Å². The first-order valence-corrected chi connectivity index (χ1v) is 16.1. The number of hydrogen-bond acceptors (Lipinski definition) is 20. The van der Waals surface area contributed by atoms with E-state index < -0.39 is 31.7 Å². The topological polar surface area (TPSA) is 287 Å². The fourth-order valence-electron chi connectivity index (χ4n) is 3.35. The molecule has 0 fully saturated rings. The van der Waals surface area contributed by atoms with Gasteiger partial charge in [-0.05, 0) is 18.2 Å². The normalized spacial score (nSPS) is 11.1. The molecule has 46 heavy (non-hydrogen) atoms. The fraction of sp³-hybridized carbons (Fsp3) is 0.455. The number of hydrogen-bond donors (Lipinski definition) is 6. The minimum atomic E-state index is -4.46. The molecule has 242 valence electrons. The standard InChI is InChI=1S/C22H34N12O8S2.2K/c1-33(8-10-35)21-29-17(23-6-12-43(37,38)39)27-19(31-21)25-15-4-3-5-16(14-15)26-20-28-18(24-7-13-44(40,41)42)30-22(32-20)34(2)9-11-36;;/h3-5,14,35-36H,6-13H2,1-2H3,(H,37,38,39)(H,40,41,42)(H2,23,25,27,29,31)(H2,24,26,28,30,32);;/q;2*+1/p-2. The summed E-state index contributed by atoms with van der Waals surface area (Å²) >= 11 is 0. The molecular formula is C22H32K2N12O8S2. The molecule has 0 aliphatic rings. The van der Waals surface area contributed by atoms with Crippen LogP contribution < -0.4 is 134 Å². The smallest absolute Gasteiger partial charge is 0.748 e. The van der Waals surface area contributed by atoms with Crippen LogP contribution in [0.1, 0.15) is 0 Å². The summed E-state index contributed by atoms with van der Waals surface area (Å²) in [5, 5.41) is 30.0. The summed E-state index contributed by atoms with van der Waals surface area (Å²) in [6, 6.07) is 6.76. The van der Waals surface area contributed by atoms with Crippen LogP contribution in [-0.4, -0.2) is 131 Å². The van der Waals surface area contributed by atoms with E-state index in [0.717, 1.165) is 0 Å². The van der Waals surface area contributed by atoms with Crippen LogP contribution in [0.15, 0.2) is 24.3 Å². The Labute approximate surface area is 351 Å². The molecule has 0 bridgehead atoms. The van der Waals surface area contributed by atoms with Crippen LogP contribution in [-0.2, 0) is 20.2 Å². The molecule has 24 heteroatoms. The van der Waals surface area contributed by atoms with Crippen molar-refractivity contribution < 1.29 is 139 Å². The minimum Gasteiger partial charge on any atom is -0.748 e. The van der Waals surface area contributed by atoms with E-state index in [1.165, 1.54) is 0 Å². The summed E-state index contributed by atoms with van der Waals surface area (Å²) in [4.78, 5) is 28.6. The van der Waals surface area contributed by atoms with Crippen LogP contribution in [0.5, 0.6) is 0 Å². The predicted molar refractivity (Wildman–Crippen MR) is 159 cm³/mol. The van der Waals surface area contributed by atoms with Crippen molar-refractivity contribution in [2.24, 2.45) is 0 Å². The molecule has 1 aromatic carbocycles. The molecule has 0 radical (unpaired) electrons. The van der Waals surface area contributed by atoms with Gasteiger partial charge in [0.2, 0.25) is 35.7 Å². The second-order valence-corrected chi connectivity index (χ2v) is 12.1. The largest absolute Gasteiger partial charge is 1.00 e. The van der Waals surface area contributed by atoms with Crippen molar-refractivity contribution in [1.82, 2.24) is 29.9 Å². The predicted octanol–water partition coefficient (Wildman–Crippen LogP) is -7.68. The van der Waals surface area contributed by atoms with Crippen LogP contribution in [0.25, 0.3) is 0 Å². The maximum absolute atomic E-state index is 11.0. The second-order valence-electron chi connectivity index (χ2n) is 9.06. The molecule has 0 aliphatic carbocycles. The number of benzene rings is 1. The Morgan fingerprint density at radius 1 is 0.674 bits per heavy atom. The number of nitrogens with zero attached hydrogens (tertiary/aromatic N) is 8. The first-order valence-electron chi connectivity index (χ1n) is 12.9. The SMILES string of the molecule is CN(CCO)c1nc(NCCS(=O)(=O)[O-])nc(Nc2cccc(Nc3nc(NCCS(=O)(=O)[O-])nc(N(C)CCO)n3)c2)n1.[K+].[K+]. The average molecular weight is 735 g/mol. The van der Waals surface area contributed by atoms with E-state index in [1.54, 1.807) is 48.2 Å². The number of anilines is 8. The third-order valence-corrected chi connectivity index (χ3v) is 6.85. The molecule has 3 aromatic rings. The molecule has 0 aliphatic heterocycles. The van der Waals surface area contributed by atoms with Gasteiger partial charge < -0.3 is 50.4 Å². The Hall–Kier alpha value is -0.947. The van der Waals surface area contributed by atoms with Gasteiger partial charge in [-0.3, -0.25) is 0 Å². The summed E-state index contributed by atoms with van der Waals surface area (Å²) in [6.45, 7) is -0.436. The zero-order chi connectivity index (χ0) is 32.3. The van der Waals surface area contributed by atoms with E-state index in [9.17, 15) is 36.2 Å². The zero-order valence-electron chi connectivity index (χ0n) is 25.7. The van der Waals surface area contributed by atoms with Gasteiger partial charge in [-0.15, -0.1) is 0 Å². The number of aliphatic hydroxyl groups is 2. The number of likely N-dealkylation sites (N-methyl/N-ethyl adjacent to an activating group) is 2. The Morgan fingerprint density at radius 2 is 1.04 bits per heavy atom. The maximum atomic E-state index is 11.0. The molecule has 3 rings (SSSR count). The monoisotopic (exact) mass is 734 g/mol. The van der Waals surface area contributed by atoms with Crippen molar-refractivity contribution in [3.63, 3.8) is 0 Å². The quantitative estimate of drug-likeness (QED) is 0.0523. The van der Waals surface area contributed by atoms with Gasteiger partial charge in [-0.2, -0.15) is 29.9 Å². The molecule has 0 atom stereocenters. The third kappa shape index (κ3) is 16.0. The van der Waals surface area contributed by atoms with Crippen molar-refractivity contribution in [3.05, 3.63) is 24.3 Å². The van der Waals surface area contributed by atoms with Gasteiger partial charge in [-0.25, -0.2) is 16.8 Å². The Bertz CT molecular complexity index is 1510. The molecule has 2 aromatic heterocycles. The molecule has 0 spiro atoms. The summed E-state index contributed by atoms with van der Waals surface area (Å²) in [5.74, 6) is -0.916. The van der Waals surface area contributed by atoms with E-state index in [4.69, 9.17) is 0 Å². The van der Waals surface area contributed by atoms with E-state index in [1.807, 2.05) is 0 Å². The summed E-state index contributed by atoms with van der Waals surface area (Å²) < 4.78 is 65.8. The summed E-state index contributed by atoms with van der Waals surface area (Å²) in [5.41, 5.74) is 0.992. The van der Waals surface area contributed by atoms with Gasteiger partial charge >= 0.3 is 103 Å². The average Bonchev–Trinajstić information content (AvgIpc) is 2.92. The van der Waals surface area contributed by atoms with E-state index >= 15 is 0 Å². The Morgan fingerprint density at radius 3 is 1.39 bits per heavy atom. The van der Waals surface area contributed by atoms with Crippen molar-refractivity contribution in [2.75, 3.05) is 96.1 Å². The van der Waals surface area contributed by atoms with Crippen LogP contribution in [0.2, 0.25) is 0 Å². The first-order chi connectivity index (χ1) is 20.7. The Kier molecular flexibility index (Phi) is 19.2. The van der Waals surface area contributed by atoms with Crippen molar-refractivity contribution in [3.8, 4) is 0 Å². The minimum absolute atomic E-state index is 0. The molecule has 0 unspecified atom stereocenters. The first kappa shape index (κ1) is 43.1. The van der Waals surface area contributed by atoms with Gasteiger partial charge in [-0.1, -0.05) is 6.07 Å². The number of aromatic nitrogens is 6. The molecule has 20 nitrogen and oxygen atoms in total. The van der Waals surface area contributed by atoms with Gasteiger partial charge in [0.25, 0.3) is 0 Å². The van der Waals surface area contributed by atoms with Crippen molar-refractivity contribution >= 4 is 67.3 Å². The van der Waals surface area contributed by atoms with Gasteiger partial charge in [0.05, 0.1) is 45.0 Å². The number of nitrogens with one attached hydrogen (secondary N) is 4. The third-order valence-electron chi connectivity index (χ3n) is 5.45. The van der Waals surface area contributed by atoms with Crippen LogP contribution >= 0.6 is 0 Å². The zero-order valence-corrected chi connectivity index (χ0v) is 33.6. The molecule has 6 N–H and O–H groups in total. The second kappa shape index (κ2) is 20.5. The molecule has 0 amide bonds. The summed E-state index contributed by atoms with van der Waals surface area (Å²) in [7, 11) is -5.65. The fourth-order valence-corrected chi connectivity index (χ4v) is 4.05. The van der Waals surface area contributed by atoms with Gasteiger partial charge in [0.15, 0.2) is 0 Å².